The first-order valence-corrected chi connectivity index (χ1v) is 11.1. The molecule has 0 bridgehead atoms. The highest BCUT2D eigenvalue weighted by Gasteiger charge is 2.53. The highest BCUT2D eigenvalue weighted by Crippen LogP contribution is 2.50. The average molecular weight is 492 g/mol. The third-order valence-corrected chi connectivity index (χ3v) is 6.68. The fourth-order valence-corrected chi connectivity index (χ4v) is 4.88. The first kappa shape index (κ1) is 22.1. The van der Waals surface area contributed by atoms with E-state index in [1.54, 1.807) is 6.20 Å². The first-order chi connectivity index (χ1) is 15.5. The number of likely N-dealkylation sites (tertiary alicyclic amines) is 1. The predicted molar refractivity (Wildman–Crippen MR) is 124 cm³/mol. The number of fused-ring (bicyclic) bond motifs is 2. The van der Waals surface area contributed by atoms with Crippen LogP contribution in [-0.2, 0) is 19.8 Å². The van der Waals surface area contributed by atoms with E-state index in [9.17, 15) is 4.79 Å². The summed E-state index contributed by atoms with van der Waals surface area (Å²) in [4.78, 5) is 38.8. The Kier molecular flexibility index (Phi) is 6.33. The monoisotopic (exact) mass is 491 g/mol. The Balaban J connectivity index is 0.000000775. The minimum atomic E-state index is -0.475. The smallest absolute Gasteiger partial charge is 0.306 e. The molecule has 1 fully saturated rings. The van der Waals surface area contributed by atoms with Gasteiger partial charge in [-0.25, -0.2) is 4.98 Å². The molecule has 0 saturated carbocycles. The van der Waals surface area contributed by atoms with Crippen LogP contribution < -0.4 is 4.90 Å². The standard InChI is InChI=1S/C24H22BrN3O.CO2/c1-27-13-11-24(12-14-27)21-15-19(25)16-26-22(21)28(23(24)29)20-9-7-18(8-10-20)17-5-3-2-4-6-17;2-1-3/h2-10,15-16H,11-14H2,1H3;. The summed E-state index contributed by atoms with van der Waals surface area (Å²) in [6.45, 7) is 1.83. The van der Waals surface area contributed by atoms with Gasteiger partial charge in [-0.2, -0.15) is 9.59 Å². The van der Waals surface area contributed by atoms with E-state index >= 15 is 0 Å². The fourth-order valence-electron chi connectivity index (χ4n) is 4.54. The molecule has 32 heavy (non-hydrogen) atoms. The van der Waals surface area contributed by atoms with Gasteiger partial charge in [-0.05, 0) is 78.2 Å². The van der Waals surface area contributed by atoms with E-state index in [4.69, 9.17) is 9.59 Å². The lowest BCUT2D eigenvalue weighted by Crippen LogP contribution is -2.46. The zero-order valence-electron chi connectivity index (χ0n) is 17.6. The molecule has 0 N–H and O–H groups in total. The summed E-state index contributed by atoms with van der Waals surface area (Å²) < 4.78 is 0.920. The van der Waals surface area contributed by atoms with Gasteiger partial charge in [0.1, 0.15) is 5.82 Å². The van der Waals surface area contributed by atoms with Crippen molar-refractivity contribution >= 4 is 39.5 Å². The number of carbonyl (C=O) groups excluding carboxylic acids is 3. The van der Waals surface area contributed by atoms with Crippen LogP contribution in [0.3, 0.4) is 0 Å². The van der Waals surface area contributed by atoms with Crippen molar-refractivity contribution < 1.29 is 14.4 Å². The lowest BCUT2D eigenvalue weighted by Gasteiger charge is -2.36. The zero-order valence-corrected chi connectivity index (χ0v) is 19.2. The third kappa shape index (κ3) is 3.91. The van der Waals surface area contributed by atoms with Crippen molar-refractivity contribution in [3.05, 3.63) is 76.9 Å². The largest absolute Gasteiger partial charge is 0.373 e. The summed E-state index contributed by atoms with van der Waals surface area (Å²) in [5.41, 5.74) is 3.76. The van der Waals surface area contributed by atoms with Crippen LogP contribution in [0.15, 0.2) is 71.3 Å². The van der Waals surface area contributed by atoms with Crippen molar-refractivity contribution in [3.63, 3.8) is 0 Å². The quantitative estimate of drug-likeness (QED) is 0.524. The number of carbonyl (C=O) groups is 1. The second-order valence-corrected chi connectivity index (χ2v) is 8.96. The van der Waals surface area contributed by atoms with Crippen molar-refractivity contribution in [2.45, 2.75) is 18.3 Å². The van der Waals surface area contributed by atoms with Crippen molar-refractivity contribution in [1.82, 2.24) is 9.88 Å². The molecule has 2 aliphatic heterocycles. The number of rotatable bonds is 2. The fraction of sp³-hybridized carbons (Fsp3) is 0.240. The van der Waals surface area contributed by atoms with Gasteiger partial charge < -0.3 is 4.90 Å². The Morgan fingerprint density at radius 2 is 1.56 bits per heavy atom. The van der Waals surface area contributed by atoms with Crippen LogP contribution in [0.2, 0.25) is 0 Å². The van der Waals surface area contributed by atoms with Crippen molar-refractivity contribution in [2.24, 2.45) is 0 Å². The maximum absolute atomic E-state index is 13.8. The molecule has 2 aromatic carbocycles. The van der Waals surface area contributed by atoms with Gasteiger partial charge in [0.05, 0.1) is 11.1 Å². The average Bonchev–Trinajstić information content (AvgIpc) is 3.04. The number of nitrogens with zero attached hydrogens (tertiary/aromatic N) is 3. The number of piperidine rings is 1. The summed E-state index contributed by atoms with van der Waals surface area (Å²) in [7, 11) is 2.12. The van der Waals surface area contributed by atoms with Gasteiger partial charge in [0.2, 0.25) is 5.91 Å². The number of anilines is 2. The number of hydrogen-bond acceptors (Lipinski definition) is 5. The molecule has 0 atom stereocenters. The van der Waals surface area contributed by atoms with E-state index in [-0.39, 0.29) is 12.1 Å². The molecule has 1 aromatic heterocycles. The molecule has 1 spiro atoms. The first-order valence-electron chi connectivity index (χ1n) is 10.3. The Bertz CT molecular complexity index is 1150. The van der Waals surface area contributed by atoms with Gasteiger partial charge in [-0.1, -0.05) is 42.5 Å². The van der Waals surface area contributed by atoms with Crippen molar-refractivity contribution in [3.8, 4) is 11.1 Å². The molecule has 0 radical (unpaired) electrons. The van der Waals surface area contributed by atoms with Crippen LogP contribution >= 0.6 is 15.9 Å². The Hall–Kier alpha value is -3.12. The lowest BCUT2D eigenvalue weighted by molar-refractivity contribution is -0.191. The van der Waals surface area contributed by atoms with Crippen molar-refractivity contribution in [1.29, 1.82) is 0 Å². The van der Waals surface area contributed by atoms with Crippen LogP contribution in [0.4, 0.5) is 11.5 Å². The highest BCUT2D eigenvalue weighted by atomic mass is 79.9. The summed E-state index contributed by atoms with van der Waals surface area (Å²) in [5.74, 6) is 0.925. The number of hydrogen-bond donors (Lipinski definition) is 0. The van der Waals surface area contributed by atoms with Gasteiger partial charge in [0.25, 0.3) is 0 Å². The zero-order chi connectivity index (χ0) is 22.7. The molecule has 5 rings (SSSR count). The van der Waals surface area contributed by atoms with Crippen LogP contribution in [0.5, 0.6) is 0 Å². The molecule has 0 unspecified atom stereocenters. The van der Waals surface area contributed by atoms with E-state index in [1.807, 2.05) is 35.2 Å². The summed E-state index contributed by atoms with van der Waals surface area (Å²) in [6, 6.07) is 20.6. The molecule has 0 aliphatic carbocycles. The number of halogens is 1. The van der Waals surface area contributed by atoms with Gasteiger partial charge in [-0.15, -0.1) is 0 Å². The van der Waals surface area contributed by atoms with Crippen LogP contribution in [0.1, 0.15) is 18.4 Å². The molecule has 1 saturated heterocycles. The Morgan fingerprint density at radius 3 is 2.19 bits per heavy atom. The van der Waals surface area contributed by atoms with Gasteiger partial charge in [0, 0.05) is 16.2 Å². The van der Waals surface area contributed by atoms with E-state index in [0.29, 0.717) is 0 Å². The van der Waals surface area contributed by atoms with E-state index in [0.717, 1.165) is 53.0 Å². The number of pyridine rings is 1. The molecule has 1 amide bonds. The Morgan fingerprint density at radius 1 is 0.969 bits per heavy atom. The van der Waals surface area contributed by atoms with E-state index in [2.05, 4.69) is 63.2 Å². The van der Waals surface area contributed by atoms with Gasteiger partial charge in [0.15, 0.2) is 0 Å². The van der Waals surface area contributed by atoms with E-state index in [1.165, 1.54) is 5.56 Å². The SMILES string of the molecule is CN1CCC2(CC1)C(=O)N(c1ccc(-c3ccccc3)cc1)c1ncc(Br)cc12.O=C=O. The molecule has 7 heteroatoms. The minimum absolute atomic E-state index is 0.152. The maximum Gasteiger partial charge on any atom is 0.373 e. The molecule has 6 nitrogen and oxygen atoms in total. The molecule has 3 aromatic rings. The van der Waals surface area contributed by atoms with Crippen LogP contribution in [0.25, 0.3) is 11.1 Å². The van der Waals surface area contributed by atoms with Crippen molar-refractivity contribution in [2.75, 3.05) is 25.0 Å². The normalized spacial score (nSPS) is 16.8. The predicted octanol–water partition coefficient (Wildman–Crippen LogP) is 4.57. The molecule has 162 valence electrons. The summed E-state index contributed by atoms with van der Waals surface area (Å²) in [5, 5.41) is 0. The summed E-state index contributed by atoms with van der Waals surface area (Å²) in [6.07, 6.45) is 3.68. The van der Waals surface area contributed by atoms with E-state index < -0.39 is 5.41 Å². The maximum atomic E-state index is 13.8. The Labute approximate surface area is 195 Å². The van der Waals surface area contributed by atoms with Crippen LogP contribution in [0, 0.1) is 0 Å². The van der Waals surface area contributed by atoms with Gasteiger partial charge in [-0.3, -0.25) is 9.69 Å². The molecular formula is C25H22BrN3O3. The molecular weight excluding hydrogens is 470 g/mol. The lowest BCUT2D eigenvalue weighted by atomic mass is 9.74. The van der Waals surface area contributed by atoms with Gasteiger partial charge >= 0.3 is 6.15 Å². The molecule has 2 aliphatic rings. The highest BCUT2D eigenvalue weighted by molar-refractivity contribution is 9.10. The van der Waals surface area contributed by atoms with Crippen LogP contribution in [-0.4, -0.2) is 42.1 Å². The summed E-state index contributed by atoms with van der Waals surface area (Å²) >= 11 is 3.56. The molecule has 3 heterocycles. The number of benzene rings is 2. The number of aromatic nitrogens is 1. The minimum Gasteiger partial charge on any atom is -0.306 e. The second-order valence-electron chi connectivity index (χ2n) is 8.05. The number of amides is 1. The second kappa shape index (κ2) is 9.17. The third-order valence-electron chi connectivity index (χ3n) is 6.25. The topological polar surface area (TPSA) is 70.6 Å².